The van der Waals surface area contributed by atoms with Crippen LogP contribution in [0.15, 0.2) is 12.3 Å². The molecule has 0 unspecified atom stereocenters. The summed E-state index contributed by atoms with van der Waals surface area (Å²) in [5.41, 5.74) is 6.75. The summed E-state index contributed by atoms with van der Waals surface area (Å²) in [7, 11) is 1.79. The number of nitro groups is 1. The molecule has 0 saturated carbocycles. The van der Waals surface area contributed by atoms with Gasteiger partial charge in [0.1, 0.15) is 5.69 Å². The first-order valence-corrected chi connectivity index (χ1v) is 4.95. The lowest BCUT2D eigenvalue weighted by atomic mass is 10.4. The molecule has 0 spiro atoms. The third kappa shape index (κ3) is 1.84. The van der Waals surface area contributed by atoms with E-state index in [9.17, 15) is 10.1 Å². The molecule has 8 nitrogen and oxygen atoms in total. The molecule has 8 heteroatoms. The van der Waals surface area contributed by atoms with Crippen molar-refractivity contribution in [3.63, 3.8) is 0 Å². The van der Waals surface area contributed by atoms with E-state index >= 15 is 0 Å². The molecule has 0 bridgehead atoms. The van der Waals surface area contributed by atoms with E-state index in [-0.39, 0.29) is 11.5 Å². The molecular formula is C9H12N6O2. The Bertz CT molecular complexity index is 570. The van der Waals surface area contributed by atoms with E-state index in [0.717, 1.165) is 5.69 Å². The first kappa shape index (κ1) is 11.1. The van der Waals surface area contributed by atoms with Crippen LogP contribution in [0.5, 0.6) is 0 Å². The second kappa shape index (κ2) is 3.89. The SMILES string of the molecule is Cc1nn(Cc2ccnn2C)c(N)c1[N+](=O)[O-]. The van der Waals surface area contributed by atoms with E-state index in [4.69, 9.17) is 5.73 Å². The Hall–Kier alpha value is -2.38. The predicted octanol–water partition coefficient (Wildman–Crippen LogP) is 0.464. The highest BCUT2D eigenvalue weighted by Crippen LogP contribution is 2.25. The van der Waals surface area contributed by atoms with Crippen LogP contribution in [-0.2, 0) is 13.6 Å². The number of hydrogen-bond acceptors (Lipinski definition) is 5. The second-order valence-corrected chi connectivity index (χ2v) is 3.68. The third-order valence-electron chi connectivity index (χ3n) is 2.55. The molecule has 0 amide bonds. The summed E-state index contributed by atoms with van der Waals surface area (Å²) in [6.45, 7) is 1.92. The molecule has 2 N–H and O–H groups in total. The summed E-state index contributed by atoms with van der Waals surface area (Å²) in [6, 6.07) is 1.81. The first-order valence-electron chi connectivity index (χ1n) is 4.95. The Labute approximate surface area is 96.8 Å². The van der Waals surface area contributed by atoms with Gasteiger partial charge in [-0.2, -0.15) is 10.2 Å². The van der Waals surface area contributed by atoms with Crippen LogP contribution in [0.2, 0.25) is 0 Å². The van der Waals surface area contributed by atoms with Gasteiger partial charge in [-0.15, -0.1) is 0 Å². The van der Waals surface area contributed by atoms with Crippen molar-refractivity contribution in [2.45, 2.75) is 13.5 Å². The minimum absolute atomic E-state index is 0.0636. The second-order valence-electron chi connectivity index (χ2n) is 3.68. The fourth-order valence-corrected chi connectivity index (χ4v) is 1.65. The normalized spacial score (nSPS) is 10.7. The highest BCUT2D eigenvalue weighted by molar-refractivity contribution is 5.56. The summed E-state index contributed by atoms with van der Waals surface area (Å²) in [6.07, 6.45) is 1.65. The largest absolute Gasteiger partial charge is 0.378 e. The summed E-state index contributed by atoms with van der Waals surface area (Å²) in [4.78, 5) is 10.3. The van der Waals surface area contributed by atoms with Crippen LogP contribution < -0.4 is 5.73 Å². The summed E-state index contributed by atoms with van der Waals surface area (Å²) < 4.78 is 3.08. The van der Waals surface area contributed by atoms with E-state index < -0.39 is 4.92 Å². The molecule has 2 aromatic heterocycles. The van der Waals surface area contributed by atoms with Gasteiger partial charge in [0.2, 0.25) is 5.82 Å². The van der Waals surface area contributed by atoms with Crippen molar-refractivity contribution < 1.29 is 4.92 Å². The highest BCUT2D eigenvalue weighted by atomic mass is 16.6. The molecule has 0 radical (unpaired) electrons. The number of nitrogens with zero attached hydrogens (tertiary/aromatic N) is 5. The third-order valence-corrected chi connectivity index (χ3v) is 2.55. The Balaban J connectivity index is 2.38. The summed E-state index contributed by atoms with van der Waals surface area (Å²) in [5.74, 6) is 0.0636. The van der Waals surface area contributed by atoms with Crippen molar-refractivity contribution in [2.24, 2.45) is 7.05 Å². The van der Waals surface area contributed by atoms with Gasteiger partial charge >= 0.3 is 5.69 Å². The van der Waals surface area contributed by atoms with Crippen LogP contribution in [0.1, 0.15) is 11.4 Å². The molecule has 0 saturated heterocycles. The van der Waals surface area contributed by atoms with Gasteiger partial charge < -0.3 is 5.73 Å². The Morgan fingerprint density at radius 2 is 2.29 bits per heavy atom. The Kier molecular flexibility index (Phi) is 2.54. The lowest BCUT2D eigenvalue weighted by Crippen LogP contribution is -2.10. The molecule has 0 atom stereocenters. The molecule has 2 rings (SSSR count). The minimum atomic E-state index is -0.516. The van der Waals surface area contributed by atoms with Gasteiger partial charge in [-0.1, -0.05) is 0 Å². The van der Waals surface area contributed by atoms with Gasteiger partial charge in [0.25, 0.3) is 0 Å². The zero-order valence-corrected chi connectivity index (χ0v) is 9.49. The molecule has 2 aromatic rings. The van der Waals surface area contributed by atoms with Crippen LogP contribution in [0.3, 0.4) is 0 Å². The van der Waals surface area contributed by atoms with Gasteiger partial charge in [0, 0.05) is 13.2 Å². The van der Waals surface area contributed by atoms with Crippen molar-refractivity contribution in [1.29, 1.82) is 0 Å². The van der Waals surface area contributed by atoms with Gasteiger partial charge in [-0.05, 0) is 13.0 Å². The van der Waals surface area contributed by atoms with Gasteiger partial charge in [-0.3, -0.25) is 14.8 Å². The fourth-order valence-electron chi connectivity index (χ4n) is 1.65. The first-order chi connectivity index (χ1) is 8.00. The smallest absolute Gasteiger partial charge is 0.333 e. The lowest BCUT2D eigenvalue weighted by molar-refractivity contribution is -0.384. The highest BCUT2D eigenvalue weighted by Gasteiger charge is 2.23. The summed E-state index contributed by atoms with van der Waals surface area (Å²) in [5, 5.41) is 18.8. The number of nitrogen functional groups attached to an aromatic ring is 1. The molecule has 2 heterocycles. The van der Waals surface area contributed by atoms with E-state index in [1.165, 1.54) is 4.68 Å². The lowest BCUT2D eigenvalue weighted by Gasteiger charge is -2.03. The maximum Gasteiger partial charge on any atom is 0.333 e. The number of anilines is 1. The predicted molar refractivity (Wildman–Crippen MR) is 60.3 cm³/mol. The molecule has 0 aliphatic heterocycles. The number of rotatable bonds is 3. The van der Waals surface area contributed by atoms with Crippen LogP contribution in [0.25, 0.3) is 0 Å². The van der Waals surface area contributed by atoms with Gasteiger partial charge in [-0.25, -0.2) is 4.68 Å². The number of nitrogens with two attached hydrogens (primary N) is 1. The maximum atomic E-state index is 10.8. The van der Waals surface area contributed by atoms with Crippen molar-refractivity contribution in [3.8, 4) is 0 Å². The standard InChI is InChI=1S/C9H12N6O2/c1-6-8(15(16)17)9(10)14(12-6)5-7-3-4-11-13(7)2/h3-4H,5,10H2,1-2H3. The summed E-state index contributed by atoms with van der Waals surface area (Å²) >= 11 is 0. The topological polar surface area (TPSA) is 105 Å². The van der Waals surface area contributed by atoms with E-state index in [1.54, 1.807) is 24.9 Å². The number of hydrogen-bond donors (Lipinski definition) is 1. The molecule has 90 valence electrons. The molecule has 0 aliphatic rings. The fraction of sp³-hybridized carbons (Fsp3) is 0.333. The number of aromatic nitrogens is 4. The van der Waals surface area contributed by atoms with Crippen molar-refractivity contribution in [3.05, 3.63) is 33.8 Å². The van der Waals surface area contributed by atoms with E-state index in [1.807, 2.05) is 6.07 Å². The quantitative estimate of drug-likeness (QED) is 0.615. The average molecular weight is 236 g/mol. The molecular weight excluding hydrogens is 224 g/mol. The van der Waals surface area contributed by atoms with Crippen LogP contribution in [0.4, 0.5) is 11.5 Å². The Morgan fingerprint density at radius 1 is 1.59 bits per heavy atom. The minimum Gasteiger partial charge on any atom is -0.378 e. The van der Waals surface area contributed by atoms with Crippen LogP contribution in [-0.4, -0.2) is 24.5 Å². The molecule has 17 heavy (non-hydrogen) atoms. The zero-order valence-electron chi connectivity index (χ0n) is 9.49. The van der Waals surface area contributed by atoms with Gasteiger partial charge in [0.15, 0.2) is 0 Å². The van der Waals surface area contributed by atoms with E-state index in [2.05, 4.69) is 10.2 Å². The molecule has 0 aromatic carbocycles. The van der Waals surface area contributed by atoms with Gasteiger partial charge in [0.05, 0.1) is 17.2 Å². The monoisotopic (exact) mass is 236 g/mol. The van der Waals surface area contributed by atoms with E-state index in [0.29, 0.717) is 12.2 Å². The number of aryl methyl sites for hydroxylation is 2. The van der Waals surface area contributed by atoms with Crippen molar-refractivity contribution >= 4 is 11.5 Å². The van der Waals surface area contributed by atoms with Crippen LogP contribution >= 0.6 is 0 Å². The molecule has 0 fully saturated rings. The Morgan fingerprint density at radius 3 is 2.76 bits per heavy atom. The molecule has 0 aliphatic carbocycles. The maximum absolute atomic E-state index is 10.8. The van der Waals surface area contributed by atoms with Crippen molar-refractivity contribution in [1.82, 2.24) is 19.6 Å². The average Bonchev–Trinajstić information content (AvgIpc) is 2.73. The zero-order chi connectivity index (χ0) is 12.6. The van der Waals surface area contributed by atoms with Crippen LogP contribution in [0, 0.1) is 17.0 Å². The van der Waals surface area contributed by atoms with Crippen molar-refractivity contribution in [2.75, 3.05) is 5.73 Å².